The fourth-order valence-electron chi connectivity index (χ4n) is 1.66. The van der Waals surface area contributed by atoms with Crippen LogP contribution in [0.25, 0.3) is 0 Å². The van der Waals surface area contributed by atoms with E-state index in [0.29, 0.717) is 0 Å². The Balaban J connectivity index is 1.90. The fourth-order valence-corrected chi connectivity index (χ4v) is 2.56. The van der Waals surface area contributed by atoms with E-state index in [1.54, 1.807) is 17.6 Å². The van der Waals surface area contributed by atoms with Gasteiger partial charge in [-0.1, -0.05) is 11.8 Å². The van der Waals surface area contributed by atoms with E-state index in [-0.39, 0.29) is 6.61 Å². The molecule has 0 aliphatic heterocycles. The lowest BCUT2D eigenvalue weighted by Gasteiger charge is -2.13. The standard InChI is InChI=1S/C14H15NO2S/c1-15(9-13-5-3-7-17-13)10-14-8-12(11-18-14)4-2-6-16/h3,5,7-8,11,16H,6,9-10H2,1H3. The molecule has 0 aromatic carbocycles. The summed E-state index contributed by atoms with van der Waals surface area (Å²) < 4.78 is 5.31. The van der Waals surface area contributed by atoms with Crippen LogP contribution in [0.15, 0.2) is 34.3 Å². The molecule has 0 amide bonds. The molecule has 4 heteroatoms. The molecule has 0 bridgehead atoms. The van der Waals surface area contributed by atoms with Gasteiger partial charge in [0.25, 0.3) is 0 Å². The SMILES string of the molecule is CN(Cc1ccco1)Cc1cc(C#CCO)cs1. The Kier molecular flexibility index (Phi) is 4.59. The van der Waals surface area contributed by atoms with Gasteiger partial charge in [-0.2, -0.15) is 0 Å². The molecule has 2 aromatic heterocycles. The van der Waals surface area contributed by atoms with Gasteiger partial charge in [-0.3, -0.25) is 4.90 Å². The normalized spacial score (nSPS) is 10.4. The van der Waals surface area contributed by atoms with Crippen LogP contribution in [-0.4, -0.2) is 23.7 Å². The lowest BCUT2D eigenvalue weighted by molar-refractivity contribution is 0.290. The Morgan fingerprint density at radius 3 is 3.06 bits per heavy atom. The molecule has 1 N–H and O–H groups in total. The van der Waals surface area contributed by atoms with E-state index in [1.165, 1.54) is 4.88 Å². The smallest absolute Gasteiger partial charge is 0.117 e. The molecule has 0 spiro atoms. The Labute approximate surface area is 111 Å². The van der Waals surface area contributed by atoms with E-state index in [0.717, 1.165) is 24.4 Å². The second kappa shape index (κ2) is 6.41. The quantitative estimate of drug-likeness (QED) is 0.858. The first kappa shape index (κ1) is 12.9. The predicted octanol–water partition coefficient (Wildman–Crippen LogP) is 2.32. The van der Waals surface area contributed by atoms with Crippen LogP contribution in [0.2, 0.25) is 0 Å². The van der Waals surface area contributed by atoms with Gasteiger partial charge in [0.15, 0.2) is 0 Å². The lowest BCUT2D eigenvalue weighted by atomic mass is 10.3. The van der Waals surface area contributed by atoms with Gasteiger partial charge < -0.3 is 9.52 Å². The van der Waals surface area contributed by atoms with E-state index >= 15 is 0 Å². The molecule has 0 aliphatic rings. The minimum atomic E-state index is -0.0937. The summed E-state index contributed by atoms with van der Waals surface area (Å²) >= 11 is 1.68. The first-order chi connectivity index (χ1) is 8.78. The van der Waals surface area contributed by atoms with E-state index in [2.05, 4.69) is 29.9 Å². The summed E-state index contributed by atoms with van der Waals surface area (Å²) in [6, 6.07) is 5.94. The van der Waals surface area contributed by atoms with Crippen LogP contribution in [0.5, 0.6) is 0 Å². The highest BCUT2D eigenvalue weighted by Gasteiger charge is 2.05. The Bertz CT molecular complexity index is 534. The minimum absolute atomic E-state index is 0.0937. The molecule has 0 atom stereocenters. The van der Waals surface area contributed by atoms with Crippen LogP contribution in [0.3, 0.4) is 0 Å². The minimum Gasteiger partial charge on any atom is -0.468 e. The van der Waals surface area contributed by atoms with Crippen molar-refractivity contribution in [3.05, 3.63) is 46.0 Å². The van der Waals surface area contributed by atoms with Gasteiger partial charge in [-0.05, 0) is 25.2 Å². The average molecular weight is 261 g/mol. The third-order valence-electron chi connectivity index (χ3n) is 2.40. The summed E-state index contributed by atoms with van der Waals surface area (Å²) in [4.78, 5) is 3.44. The second-order valence-electron chi connectivity index (χ2n) is 4.01. The molecule has 0 saturated carbocycles. The zero-order valence-corrected chi connectivity index (χ0v) is 11.0. The molecule has 18 heavy (non-hydrogen) atoms. The lowest BCUT2D eigenvalue weighted by Crippen LogP contribution is -2.15. The van der Waals surface area contributed by atoms with Crippen molar-refractivity contribution < 1.29 is 9.52 Å². The molecular weight excluding hydrogens is 246 g/mol. The number of rotatable bonds is 4. The number of hydrogen-bond acceptors (Lipinski definition) is 4. The molecule has 3 nitrogen and oxygen atoms in total. The third-order valence-corrected chi connectivity index (χ3v) is 3.32. The number of hydrogen-bond donors (Lipinski definition) is 1. The van der Waals surface area contributed by atoms with Gasteiger partial charge in [0.1, 0.15) is 12.4 Å². The number of furan rings is 1. The topological polar surface area (TPSA) is 36.6 Å². The van der Waals surface area contributed by atoms with Gasteiger partial charge in [0, 0.05) is 22.4 Å². The number of aliphatic hydroxyl groups is 1. The summed E-state index contributed by atoms with van der Waals surface area (Å²) in [5.41, 5.74) is 0.968. The molecule has 2 heterocycles. The second-order valence-corrected chi connectivity index (χ2v) is 5.01. The van der Waals surface area contributed by atoms with Crippen molar-refractivity contribution in [2.45, 2.75) is 13.1 Å². The van der Waals surface area contributed by atoms with Crippen molar-refractivity contribution in [1.82, 2.24) is 4.90 Å². The first-order valence-corrected chi connectivity index (χ1v) is 6.54. The number of aliphatic hydroxyl groups excluding tert-OH is 1. The van der Waals surface area contributed by atoms with E-state index in [9.17, 15) is 0 Å². The maximum Gasteiger partial charge on any atom is 0.117 e. The maximum atomic E-state index is 8.63. The molecule has 2 aromatic rings. The van der Waals surface area contributed by atoms with Gasteiger partial charge in [-0.25, -0.2) is 0 Å². The van der Waals surface area contributed by atoms with Crippen LogP contribution in [0, 0.1) is 11.8 Å². The zero-order chi connectivity index (χ0) is 12.8. The molecule has 94 valence electrons. The highest BCUT2D eigenvalue weighted by molar-refractivity contribution is 7.10. The van der Waals surface area contributed by atoms with Crippen molar-refractivity contribution in [1.29, 1.82) is 0 Å². The summed E-state index contributed by atoms with van der Waals surface area (Å²) in [6.45, 7) is 1.57. The maximum absolute atomic E-state index is 8.63. The monoisotopic (exact) mass is 261 g/mol. The van der Waals surface area contributed by atoms with E-state index in [1.807, 2.05) is 17.5 Å². The van der Waals surface area contributed by atoms with Gasteiger partial charge in [0.2, 0.25) is 0 Å². The van der Waals surface area contributed by atoms with Gasteiger partial charge in [0.05, 0.1) is 12.8 Å². The van der Waals surface area contributed by atoms with Crippen molar-refractivity contribution >= 4 is 11.3 Å². The fraction of sp³-hybridized carbons (Fsp3) is 0.286. The Morgan fingerprint density at radius 2 is 2.33 bits per heavy atom. The summed E-state index contributed by atoms with van der Waals surface area (Å²) in [7, 11) is 2.06. The highest BCUT2D eigenvalue weighted by Crippen LogP contribution is 2.16. The van der Waals surface area contributed by atoms with Crippen molar-refractivity contribution in [2.24, 2.45) is 0 Å². The molecule has 0 aliphatic carbocycles. The zero-order valence-electron chi connectivity index (χ0n) is 10.2. The van der Waals surface area contributed by atoms with Crippen molar-refractivity contribution in [2.75, 3.05) is 13.7 Å². The summed E-state index contributed by atoms with van der Waals surface area (Å²) in [6.07, 6.45) is 1.69. The number of nitrogens with zero attached hydrogens (tertiary/aromatic N) is 1. The van der Waals surface area contributed by atoms with Crippen molar-refractivity contribution in [3.8, 4) is 11.8 Å². The van der Waals surface area contributed by atoms with Crippen LogP contribution in [-0.2, 0) is 13.1 Å². The van der Waals surface area contributed by atoms with Crippen LogP contribution in [0.4, 0.5) is 0 Å². The van der Waals surface area contributed by atoms with E-state index < -0.39 is 0 Å². The third kappa shape index (κ3) is 3.74. The summed E-state index contributed by atoms with van der Waals surface area (Å²) in [5.74, 6) is 6.53. The molecule has 0 radical (unpaired) electrons. The van der Waals surface area contributed by atoms with Gasteiger partial charge >= 0.3 is 0 Å². The highest BCUT2D eigenvalue weighted by atomic mass is 32.1. The molecular formula is C14H15NO2S. The van der Waals surface area contributed by atoms with E-state index in [4.69, 9.17) is 9.52 Å². The summed E-state index contributed by atoms with van der Waals surface area (Å²) in [5, 5.41) is 10.6. The predicted molar refractivity (Wildman–Crippen MR) is 72.2 cm³/mol. The van der Waals surface area contributed by atoms with Crippen molar-refractivity contribution in [3.63, 3.8) is 0 Å². The van der Waals surface area contributed by atoms with Crippen LogP contribution >= 0.6 is 11.3 Å². The average Bonchev–Trinajstić information content (AvgIpc) is 2.98. The van der Waals surface area contributed by atoms with Crippen LogP contribution < -0.4 is 0 Å². The molecule has 2 rings (SSSR count). The first-order valence-electron chi connectivity index (χ1n) is 5.66. The Hall–Kier alpha value is -1.54. The largest absolute Gasteiger partial charge is 0.468 e. The van der Waals surface area contributed by atoms with Crippen LogP contribution in [0.1, 0.15) is 16.2 Å². The van der Waals surface area contributed by atoms with Gasteiger partial charge in [-0.15, -0.1) is 11.3 Å². The molecule has 0 fully saturated rings. The number of thiophene rings is 1. The Morgan fingerprint density at radius 1 is 1.44 bits per heavy atom. The molecule has 0 saturated heterocycles. The molecule has 0 unspecified atom stereocenters.